The molecule has 0 N–H and O–H groups in total. The summed E-state index contributed by atoms with van der Waals surface area (Å²) < 4.78 is 1.48. The summed E-state index contributed by atoms with van der Waals surface area (Å²) in [5, 5.41) is 0. The van der Waals surface area contributed by atoms with Crippen LogP contribution in [0, 0.1) is 13.8 Å². The Kier molecular flexibility index (Phi) is 1.98. The molecule has 0 amide bonds. The Hall–Kier alpha value is -0.326. The summed E-state index contributed by atoms with van der Waals surface area (Å²) in [6, 6.07) is 4.61. The van der Waals surface area contributed by atoms with Crippen LogP contribution in [0.1, 0.15) is 22.3 Å². The van der Waals surface area contributed by atoms with Crippen molar-refractivity contribution in [3.63, 3.8) is 0 Å². The summed E-state index contributed by atoms with van der Waals surface area (Å²) in [4.78, 5) is 0. The Balaban J connectivity index is 2.57. The fourth-order valence-electron chi connectivity index (χ4n) is 1.63. The molecule has 0 radical (unpaired) electrons. The molecule has 1 aromatic carbocycles. The molecule has 0 aromatic heterocycles. The monoisotopic (exact) mass is 191 g/mol. The van der Waals surface area contributed by atoms with Gasteiger partial charge >= 0.3 is 85.0 Å². The van der Waals surface area contributed by atoms with Crippen molar-refractivity contribution in [2.45, 2.75) is 20.3 Å². The van der Waals surface area contributed by atoms with Gasteiger partial charge < -0.3 is 0 Å². The first-order chi connectivity index (χ1) is 5.66. The normalized spacial score (nSPS) is 14.2. The van der Waals surface area contributed by atoms with Crippen molar-refractivity contribution in [2.24, 2.45) is 0 Å². The van der Waals surface area contributed by atoms with Crippen molar-refractivity contribution in [3.8, 4) is 0 Å². The topological polar surface area (TPSA) is 0 Å². The van der Waals surface area contributed by atoms with E-state index in [0.29, 0.717) is 0 Å². The molecule has 0 heterocycles. The summed E-state index contributed by atoms with van der Waals surface area (Å²) in [6.45, 7) is 4.36. The molecule has 0 saturated heterocycles. The minimum absolute atomic E-state index is 1.15. The van der Waals surface area contributed by atoms with Gasteiger partial charge in [0.1, 0.15) is 0 Å². The van der Waals surface area contributed by atoms with Gasteiger partial charge in [-0.05, 0) is 0 Å². The van der Waals surface area contributed by atoms with Gasteiger partial charge in [-0.15, -0.1) is 0 Å². The molecule has 1 aliphatic carbocycles. The van der Waals surface area contributed by atoms with Crippen LogP contribution < -0.4 is 0 Å². The van der Waals surface area contributed by atoms with Crippen molar-refractivity contribution in [1.82, 2.24) is 0 Å². The van der Waals surface area contributed by atoms with Crippen LogP contribution in [0.25, 0.3) is 6.08 Å². The Morgan fingerprint density at radius 3 is 2.58 bits per heavy atom. The van der Waals surface area contributed by atoms with Crippen molar-refractivity contribution >= 4 is 6.08 Å². The third-order valence-corrected chi connectivity index (χ3v) is 2.97. The number of fused-ring (bicyclic) bond motifs is 1. The average Bonchev–Trinajstić information content (AvgIpc) is 2.30. The van der Waals surface area contributed by atoms with E-state index >= 15 is 0 Å². The van der Waals surface area contributed by atoms with E-state index < -0.39 is 0 Å². The van der Waals surface area contributed by atoms with Gasteiger partial charge in [0.2, 0.25) is 0 Å². The standard InChI is InChI=1S/C11H11.Ti/c1-8-6-10-4-3-5-11(10)7-9(8)2;/h4,6-7H,5H2,1-2H3;. The zero-order valence-corrected chi connectivity index (χ0v) is 9.00. The van der Waals surface area contributed by atoms with Crippen molar-refractivity contribution in [1.29, 1.82) is 0 Å². The van der Waals surface area contributed by atoms with Gasteiger partial charge in [-0.25, -0.2) is 0 Å². The number of hydrogen-bond donors (Lipinski definition) is 0. The molecule has 1 heteroatoms. The molecule has 0 nitrogen and oxygen atoms in total. The number of hydrogen-bond acceptors (Lipinski definition) is 0. The van der Waals surface area contributed by atoms with Crippen LogP contribution in [0.3, 0.4) is 0 Å². The summed E-state index contributed by atoms with van der Waals surface area (Å²) >= 11 is 2.20. The predicted octanol–water partition coefficient (Wildman–Crippen LogP) is 2.75. The quantitative estimate of drug-likeness (QED) is 0.553. The second-order valence-electron chi connectivity index (χ2n) is 3.48. The molecular weight excluding hydrogens is 180 g/mol. The molecule has 0 fully saturated rings. The third kappa shape index (κ3) is 1.30. The van der Waals surface area contributed by atoms with Gasteiger partial charge in [0.15, 0.2) is 0 Å². The maximum atomic E-state index is 2.32. The molecule has 1 aromatic rings. The molecule has 59 valence electrons. The van der Waals surface area contributed by atoms with E-state index in [-0.39, 0.29) is 0 Å². The molecule has 12 heavy (non-hydrogen) atoms. The SMILES string of the molecule is Cc1cc2c(cc1C)C[C]([Ti])=C2. The molecule has 0 unspecified atom stereocenters. The molecular formula is C11H11Ti. The molecule has 0 bridgehead atoms. The van der Waals surface area contributed by atoms with Gasteiger partial charge in [-0.2, -0.15) is 0 Å². The molecule has 0 atom stereocenters. The van der Waals surface area contributed by atoms with Crippen molar-refractivity contribution < 1.29 is 20.4 Å². The Labute approximate surface area is 85.1 Å². The number of allylic oxidation sites excluding steroid dienone is 1. The first-order valence-corrected chi connectivity index (χ1v) is 4.97. The Morgan fingerprint density at radius 2 is 1.83 bits per heavy atom. The maximum absolute atomic E-state index is 2.32. The van der Waals surface area contributed by atoms with E-state index in [1.165, 1.54) is 26.1 Å². The molecule has 1 aliphatic rings. The number of aryl methyl sites for hydroxylation is 2. The van der Waals surface area contributed by atoms with Gasteiger partial charge in [0.25, 0.3) is 0 Å². The van der Waals surface area contributed by atoms with Gasteiger partial charge in [0, 0.05) is 0 Å². The van der Waals surface area contributed by atoms with Crippen LogP contribution in [0.15, 0.2) is 16.0 Å². The first-order valence-electron chi connectivity index (χ1n) is 4.19. The Bertz CT molecular complexity index is 362. The van der Waals surface area contributed by atoms with E-state index in [1.807, 2.05) is 0 Å². The molecule has 2 rings (SSSR count). The minimum atomic E-state index is 1.15. The third-order valence-electron chi connectivity index (χ3n) is 2.47. The van der Waals surface area contributed by atoms with Crippen LogP contribution in [-0.2, 0) is 26.9 Å². The Morgan fingerprint density at radius 1 is 1.17 bits per heavy atom. The predicted molar refractivity (Wildman–Crippen MR) is 47.6 cm³/mol. The summed E-state index contributed by atoms with van der Waals surface area (Å²) in [7, 11) is 0. The molecule has 0 aliphatic heterocycles. The molecule has 0 saturated carbocycles. The zero-order chi connectivity index (χ0) is 8.72. The van der Waals surface area contributed by atoms with Gasteiger partial charge in [0.05, 0.1) is 0 Å². The summed E-state index contributed by atoms with van der Waals surface area (Å²) in [6.07, 6.45) is 3.44. The summed E-state index contributed by atoms with van der Waals surface area (Å²) in [5.74, 6) is 0. The van der Waals surface area contributed by atoms with Crippen LogP contribution in [0.2, 0.25) is 0 Å². The second kappa shape index (κ2) is 2.86. The fourth-order valence-corrected chi connectivity index (χ4v) is 2.17. The van der Waals surface area contributed by atoms with Gasteiger partial charge in [-0.3, -0.25) is 0 Å². The van der Waals surface area contributed by atoms with Gasteiger partial charge in [-0.1, -0.05) is 0 Å². The summed E-state index contributed by atoms with van der Waals surface area (Å²) in [5.41, 5.74) is 5.74. The number of rotatable bonds is 0. The van der Waals surface area contributed by atoms with Crippen LogP contribution >= 0.6 is 0 Å². The number of benzene rings is 1. The van der Waals surface area contributed by atoms with E-state index in [1.54, 1.807) is 0 Å². The van der Waals surface area contributed by atoms with E-state index in [0.717, 1.165) is 6.42 Å². The van der Waals surface area contributed by atoms with E-state index in [4.69, 9.17) is 0 Å². The second-order valence-corrected chi connectivity index (χ2v) is 4.48. The van der Waals surface area contributed by atoms with Crippen LogP contribution in [0.5, 0.6) is 0 Å². The zero-order valence-electron chi connectivity index (χ0n) is 7.44. The first kappa shape index (κ1) is 8.28. The average molecular weight is 191 g/mol. The molecule has 0 spiro atoms. The van der Waals surface area contributed by atoms with Crippen molar-refractivity contribution in [2.75, 3.05) is 0 Å². The van der Waals surface area contributed by atoms with Crippen LogP contribution in [0.4, 0.5) is 0 Å². The van der Waals surface area contributed by atoms with Crippen LogP contribution in [-0.4, -0.2) is 0 Å². The fraction of sp³-hybridized carbons (Fsp3) is 0.273. The van der Waals surface area contributed by atoms with Crippen molar-refractivity contribution in [3.05, 3.63) is 38.3 Å². The van der Waals surface area contributed by atoms with E-state index in [2.05, 4.69) is 52.5 Å². The van der Waals surface area contributed by atoms with E-state index in [9.17, 15) is 0 Å².